The topological polar surface area (TPSA) is 194 Å². The van der Waals surface area contributed by atoms with Crippen LogP contribution in [0.15, 0.2) is 23.8 Å². The highest BCUT2D eigenvalue weighted by molar-refractivity contribution is 5.91. The van der Waals surface area contributed by atoms with Gasteiger partial charge in [-0.3, -0.25) is 0 Å². The average molecular weight is 529 g/mol. The van der Waals surface area contributed by atoms with Gasteiger partial charge in [-0.15, -0.1) is 0 Å². The van der Waals surface area contributed by atoms with Gasteiger partial charge in [0.15, 0.2) is 6.10 Å². The Balaban J connectivity index is 1.79. The first-order valence-electron chi connectivity index (χ1n) is 12.7. The zero-order valence-electron chi connectivity index (χ0n) is 21.3. The number of cyclic esters (lactones) is 1. The van der Waals surface area contributed by atoms with Gasteiger partial charge in [0.2, 0.25) is 0 Å². The fraction of sp³-hybridized carbons (Fsp3) is 0.769. The third-order valence-corrected chi connectivity index (χ3v) is 8.95. The van der Waals surface area contributed by atoms with Crippen molar-refractivity contribution in [2.24, 2.45) is 22.7 Å². The summed E-state index contributed by atoms with van der Waals surface area (Å²) < 4.78 is 10.5. The summed E-state index contributed by atoms with van der Waals surface area (Å²) in [6.45, 7) is 6.89. The van der Waals surface area contributed by atoms with Crippen LogP contribution in [0, 0.1) is 22.7 Å². The second-order valence-electron chi connectivity index (χ2n) is 11.1. The van der Waals surface area contributed by atoms with Crippen LogP contribution in [0.5, 0.6) is 0 Å². The summed E-state index contributed by atoms with van der Waals surface area (Å²) in [5, 5.41) is 69.2. The minimum absolute atomic E-state index is 0.0654. The number of fused-ring (bicyclic) bond motifs is 1. The molecule has 11 nitrogen and oxygen atoms in total. The van der Waals surface area contributed by atoms with Gasteiger partial charge in [-0.1, -0.05) is 32.1 Å². The van der Waals surface area contributed by atoms with Gasteiger partial charge in [-0.2, -0.15) is 0 Å². The molecule has 3 rings (SSSR count). The van der Waals surface area contributed by atoms with Crippen LogP contribution in [0.4, 0.5) is 0 Å². The molecule has 210 valence electrons. The number of hydrogen-bond acceptors (Lipinski definition) is 11. The molecule has 2 saturated carbocycles. The lowest BCUT2D eigenvalue weighted by Crippen LogP contribution is -2.59. The second-order valence-corrected chi connectivity index (χ2v) is 11.1. The fourth-order valence-corrected chi connectivity index (χ4v) is 6.61. The monoisotopic (exact) mass is 528 g/mol. The van der Waals surface area contributed by atoms with E-state index < -0.39 is 60.6 Å². The molecule has 3 fully saturated rings. The third-order valence-electron chi connectivity index (χ3n) is 8.95. The quantitative estimate of drug-likeness (QED) is 0.110. The molecule has 37 heavy (non-hydrogen) atoms. The van der Waals surface area contributed by atoms with Crippen molar-refractivity contribution in [2.75, 3.05) is 19.8 Å². The predicted molar refractivity (Wildman–Crippen MR) is 129 cm³/mol. The second kappa shape index (κ2) is 11.5. The Labute approximate surface area is 216 Å². The van der Waals surface area contributed by atoms with Crippen LogP contribution >= 0.6 is 0 Å². The molecular formula is C26H40O11. The number of carbonyl (C=O) groups is 2. The summed E-state index contributed by atoms with van der Waals surface area (Å²) in [7, 11) is 0. The first-order chi connectivity index (χ1) is 17.3. The lowest BCUT2D eigenvalue weighted by molar-refractivity contribution is -0.202. The minimum atomic E-state index is -2.17. The van der Waals surface area contributed by atoms with E-state index in [2.05, 4.69) is 13.5 Å². The van der Waals surface area contributed by atoms with Gasteiger partial charge in [0.05, 0.1) is 18.8 Å². The zero-order valence-corrected chi connectivity index (χ0v) is 21.3. The van der Waals surface area contributed by atoms with Crippen LogP contribution in [0.2, 0.25) is 0 Å². The molecule has 0 amide bonds. The summed E-state index contributed by atoms with van der Waals surface area (Å²) in [6.07, 6.45) is -5.36. The molecule has 0 spiro atoms. The van der Waals surface area contributed by atoms with E-state index in [0.717, 1.165) is 5.57 Å². The summed E-state index contributed by atoms with van der Waals surface area (Å²) in [4.78, 5) is 24.6. The Hall–Kier alpha value is -1.86. The Morgan fingerprint density at radius 2 is 1.86 bits per heavy atom. The van der Waals surface area contributed by atoms with Crippen LogP contribution in [-0.4, -0.2) is 104 Å². The summed E-state index contributed by atoms with van der Waals surface area (Å²) in [5.41, 5.74) is -0.0527. The summed E-state index contributed by atoms with van der Waals surface area (Å²) in [5.74, 6) is -1.94. The van der Waals surface area contributed by atoms with E-state index in [1.165, 1.54) is 0 Å². The molecule has 10 atom stereocenters. The van der Waals surface area contributed by atoms with Crippen LogP contribution in [0.25, 0.3) is 0 Å². The molecule has 3 aliphatic rings. The van der Waals surface area contributed by atoms with Crippen LogP contribution in [-0.2, 0) is 19.1 Å². The van der Waals surface area contributed by atoms with Gasteiger partial charge in [-0.25, -0.2) is 9.59 Å². The van der Waals surface area contributed by atoms with Crippen LogP contribution in [0.3, 0.4) is 0 Å². The number of aliphatic hydroxyl groups is 7. The SMILES string of the molecule is C=C1CCC2[C@](C)(CO)[C@H](OC(=O)[C@H](O)[C@@H](O)[C@H](O)[C@H](O)CO)CC[C@@]2(C)[C@@H]1C/C=C1\C(=O)OCC1O. The van der Waals surface area contributed by atoms with E-state index in [-0.39, 0.29) is 36.0 Å². The van der Waals surface area contributed by atoms with Crippen molar-refractivity contribution in [1.82, 2.24) is 0 Å². The van der Waals surface area contributed by atoms with Crippen LogP contribution < -0.4 is 0 Å². The lowest BCUT2D eigenvalue weighted by atomic mass is 9.46. The number of esters is 2. The Bertz CT molecular complexity index is 903. The Morgan fingerprint density at radius 1 is 1.19 bits per heavy atom. The highest BCUT2D eigenvalue weighted by atomic mass is 16.6. The van der Waals surface area contributed by atoms with Gasteiger partial charge in [0, 0.05) is 5.41 Å². The number of allylic oxidation sites excluding steroid dienone is 2. The molecule has 11 heteroatoms. The molecule has 1 aliphatic heterocycles. The average Bonchev–Trinajstić information content (AvgIpc) is 3.20. The number of aliphatic hydroxyl groups excluding tert-OH is 7. The number of hydrogen-bond donors (Lipinski definition) is 7. The molecule has 0 radical (unpaired) electrons. The number of ether oxygens (including phenoxy) is 2. The van der Waals surface area contributed by atoms with Gasteiger partial charge in [0.25, 0.3) is 0 Å². The largest absolute Gasteiger partial charge is 0.460 e. The lowest BCUT2D eigenvalue weighted by Gasteiger charge is -2.60. The van der Waals surface area contributed by atoms with E-state index in [9.17, 15) is 40.2 Å². The molecule has 7 N–H and O–H groups in total. The summed E-state index contributed by atoms with van der Waals surface area (Å²) in [6, 6.07) is 0. The maximum atomic E-state index is 12.7. The molecule has 0 bridgehead atoms. The smallest absolute Gasteiger partial charge is 0.338 e. The fourth-order valence-electron chi connectivity index (χ4n) is 6.61. The van der Waals surface area contributed by atoms with Gasteiger partial charge in [-0.05, 0) is 49.4 Å². The van der Waals surface area contributed by atoms with Crippen molar-refractivity contribution in [3.8, 4) is 0 Å². The molecule has 0 aromatic rings. The number of carbonyl (C=O) groups excluding carboxylic acids is 2. The van der Waals surface area contributed by atoms with E-state index in [1.54, 1.807) is 6.08 Å². The Kier molecular flexibility index (Phi) is 9.22. The molecular weight excluding hydrogens is 488 g/mol. The Morgan fingerprint density at radius 3 is 2.43 bits per heavy atom. The van der Waals surface area contributed by atoms with Crippen molar-refractivity contribution in [3.63, 3.8) is 0 Å². The standard InChI is InChI=1S/C26H40O11/c1-13-4-7-18-25(2,15(13)6-5-14-17(30)11-36-23(14)34)9-8-19(26(18,3)12-28)37-24(35)22(33)21(32)20(31)16(29)10-27/h5,15-22,27-33H,1,4,6-12H2,2-3H3/b14-5-/t15-,16-,17?,18?,19-,20-,21+,22-,25+,26+/m1/s1. The van der Waals surface area contributed by atoms with Crippen LogP contribution in [0.1, 0.15) is 46.0 Å². The molecule has 0 aromatic carbocycles. The van der Waals surface area contributed by atoms with E-state index >= 15 is 0 Å². The predicted octanol–water partition coefficient (Wildman–Crippen LogP) is -1.05. The first-order valence-corrected chi connectivity index (χ1v) is 12.7. The van der Waals surface area contributed by atoms with Gasteiger partial charge in [0.1, 0.15) is 37.1 Å². The molecule has 1 heterocycles. The molecule has 0 aromatic heterocycles. The first kappa shape index (κ1) is 29.7. The van der Waals surface area contributed by atoms with Crippen molar-refractivity contribution in [3.05, 3.63) is 23.8 Å². The van der Waals surface area contributed by atoms with Gasteiger partial charge >= 0.3 is 11.9 Å². The highest BCUT2D eigenvalue weighted by Crippen LogP contribution is 2.62. The normalized spacial score (nSPS) is 38.5. The minimum Gasteiger partial charge on any atom is -0.460 e. The van der Waals surface area contributed by atoms with Crippen molar-refractivity contribution >= 4 is 11.9 Å². The zero-order chi connectivity index (χ0) is 27.7. The molecule has 2 aliphatic carbocycles. The van der Waals surface area contributed by atoms with Crippen molar-refractivity contribution in [1.29, 1.82) is 0 Å². The molecule has 2 unspecified atom stereocenters. The van der Waals surface area contributed by atoms with Gasteiger partial charge < -0.3 is 45.2 Å². The van der Waals surface area contributed by atoms with Crippen molar-refractivity contribution < 1.29 is 54.8 Å². The summed E-state index contributed by atoms with van der Waals surface area (Å²) >= 11 is 0. The van der Waals surface area contributed by atoms with E-state index in [0.29, 0.717) is 32.1 Å². The number of rotatable bonds is 9. The van der Waals surface area contributed by atoms with E-state index in [1.807, 2.05) is 6.92 Å². The maximum absolute atomic E-state index is 12.7. The molecule has 1 saturated heterocycles. The maximum Gasteiger partial charge on any atom is 0.338 e. The van der Waals surface area contributed by atoms with Crippen molar-refractivity contribution in [2.45, 2.75) is 82.6 Å². The third kappa shape index (κ3) is 5.49. The highest BCUT2D eigenvalue weighted by Gasteiger charge is 2.59. The van der Waals surface area contributed by atoms with E-state index in [4.69, 9.17) is 14.6 Å².